The summed E-state index contributed by atoms with van der Waals surface area (Å²) in [6.07, 6.45) is 2.49. The molecule has 1 aromatic rings. The molecule has 2 rings (SSSR count). The van der Waals surface area contributed by atoms with Crippen molar-refractivity contribution in [2.75, 3.05) is 39.0 Å². The maximum atomic E-state index is 5.81. The molecule has 0 amide bonds. The second kappa shape index (κ2) is 7.66. The molecule has 0 spiro atoms. The average molecular weight is 291 g/mol. The molecule has 1 heterocycles. The molecule has 21 heavy (non-hydrogen) atoms. The average Bonchev–Trinajstić information content (AvgIpc) is 2.43. The lowest BCUT2D eigenvalue weighted by atomic mass is 10.1. The molecular weight excluding hydrogens is 262 g/mol. The Hall–Kier alpha value is -1.26. The Morgan fingerprint density at radius 2 is 2.24 bits per heavy atom. The van der Waals surface area contributed by atoms with Crippen molar-refractivity contribution in [1.82, 2.24) is 10.2 Å². The zero-order chi connectivity index (χ0) is 15.2. The van der Waals surface area contributed by atoms with E-state index < -0.39 is 0 Å². The summed E-state index contributed by atoms with van der Waals surface area (Å²) >= 11 is 0. The minimum atomic E-state index is 0.251. The lowest BCUT2D eigenvalue weighted by Crippen LogP contribution is -2.31. The van der Waals surface area contributed by atoms with Crippen molar-refractivity contribution in [3.05, 3.63) is 23.8 Å². The van der Waals surface area contributed by atoms with Gasteiger partial charge in [0.05, 0.1) is 12.2 Å². The third kappa shape index (κ3) is 5.21. The molecule has 4 nitrogen and oxygen atoms in total. The van der Waals surface area contributed by atoms with Gasteiger partial charge in [0.15, 0.2) is 0 Å². The van der Waals surface area contributed by atoms with Crippen LogP contribution in [0.15, 0.2) is 18.2 Å². The summed E-state index contributed by atoms with van der Waals surface area (Å²) in [6, 6.07) is 6.98. The standard InChI is InChI=1S/C17H29N3O/c1-13(18-8-5-9-20(3)4)10-15-6-7-17-16(11-15)19-12-14(2)21-17/h6-7,11,13-14,18-19H,5,8-10,12H2,1-4H3. The highest BCUT2D eigenvalue weighted by molar-refractivity contribution is 5.59. The summed E-state index contributed by atoms with van der Waals surface area (Å²) in [5.74, 6) is 0.976. The van der Waals surface area contributed by atoms with E-state index in [1.807, 2.05) is 0 Å². The first-order valence-corrected chi connectivity index (χ1v) is 7.96. The van der Waals surface area contributed by atoms with Crippen LogP contribution < -0.4 is 15.4 Å². The number of ether oxygens (including phenoxy) is 1. The lowest BCUT2D eigenvalue weighted by Gasteiger charge is -2.25. The van der Waals surface area contributed by atoms with Gasteiger partial charge in [-0.25, -0.2) is 0 Å². The van der Waals surface area contributed by atoms with Crippen LogP contribution in [-0.4, -0.2) is 50.8 Å². The maximum absolute atomic E-state index is 5.81. The molecule has 1 aromatic carbocycles. The van der Waals surface area contributed by atoms with Crippen molar-refractivity contribution < 1.29 is 4.74 Å². The molecule has 0 aromatic heterocycles. The zero-order valence-electron chi connectivity index (χ0n) is 13.8. The number of benzene rings is 1. The number of hydrogen-bond donors (Lipinski definition) is 2. The van der Waals surface area contributed by atoms with Gasteiger partial charge in [-0.2, -0.15) is 0 Å². The first-order valence-electron chi connectivity index (χ1n) is 7.96. The Morgan fingerprint density at radius 3 is 3.00 bits per heavy atom. The molecule has 0 aliphatic carbocycles. The Bertz CT molecular complexity index is 448. The third-order valence-corrected chi connectivity index (χ3v) is 3.77. The van der Waals surface area contributed by atoms with Gasteiger partial charge in [0.2, 0.25) is 0 Å². The second-order valence-corrected chi connectivity index (χ2v) is 6.36. The molecule has 1 aliphatic rings. The summed E-state index contributed by atoms with van der Waals surface area (Å²) in [7, 11) is 4.24. The summed E-state index contributed by atoms with van der Waals surface area (Å²) in [4.78, 5) is 2.22. The minimum Gasteiger partial charge on any atom is -0.487 e. The van der Waals surface area contributed by atoms with E-state index in [4.69, 9.17) is 4.74 Å². The van der Waals surface area contributed by atoms with Crippen molar-refractivity contribution in [3.8, 4) is 5.75 Å². The van der Waals surface area contributed by atoms with E-state index in [-0.39, 0.29) is 6.10 Å². The van der Waals surface area contributed by atoms with Crippen LogP contribution in [0.5, 0.6) is 5.75 Å². The molecule has 2 unspecified atom stereocenters. The number of fused-ring (bicyclic) bond motifs is 1. The molecule has 118 valence electrons. The van der Waals surface area contributed by atoms with E-state index in [0.717, 1.165) is 37.5 Å². The molecule has 4 heteroatoms. The number of nitrogens with zero attached hydrogens (tertiary/aromatic N) is 1. The minimum absolute atomic E-state index is 0.251. The topological polar surface area (TPSA) is 36.5 Å². The van der Waals surface area contributed by atoms with Crippen LogP contribution in [0.4, 0.5) is 5.69 Å². The summed E-state index contributed by atoms with van der Waals surface area (Å²) in [6.45, 7) is 7.43. The smallest absolute Gasteiger partial charge is 0.142 e. The van der Waals surface area contributed by atoms with E-state index in [2.05, 4.69) is 61.7 Å². The van der Waals surface area contributed by atoms with Crippen LogP contribution in [-0.2, 0) is 6.42 Å². The predicted octanol–water partition coefficient (Wildman–Crippen LogP) is 2.35. The van der Waals surface area contributed by atoms with Crippen molar-refractivity contribution in [1.29, 1.82) is 0 Å². The lowest BCUT2D eigenvalue weighted by molar-refractivity contribution is 0.226. The molecule has 2 N–H and O–H groups in total. The van der Waals surface area contributed by atoms with Gasteiger partial charge < -0.3 is 20.3 Å². The van der Waals surface area contributed by atoms with Gasteiger partial charge in [-0.3, -0.25) is 0 Å². The van der Waals surface area contributed by atoms with Crippen molar-refractivity contribution in [3.63, 3.8) is 0 Å². The van der Waals surface area contributed by atoms with Crippen molar-refractivity contribution in [2.45, 2.75) is 38.8 Å². The Kier molecular flexibility index (Phi) is 5.88. The predicted molar refractivity (Wildman–Crippen MR) is 89.4 cm³/mol. The van der Waals surface area contributed by atoms with Gasteiger partial charge in [-0.1, -0.05) is 6.07 Å². The Labute approximate surface area is 128 Å². The number of anilines is 1. The van der Waals surface area contributed by atoms with Crippen LogP contribution in [0.25, 0.3) is 0 Å². The molecule has 0 fully saturated rings. The normalized spacial score (nSPS) is 18.8. The molecule has 0 bridgehead atoms. The van der Waals surface area contributed by atoms with Crippen LogP contribution >= 0.6 is 0 Å². The third-order valence-electron chi connectivity index (χ3n) is 3.77. The van der Waals surface area contributed by atoms with Crippen LogP contribution in [0.1, 0.15) is 25.8 Å². The quantitative estimate of drug-likeness (QED) is 0.756. The van der Waals surface area contributed by atoms with E-state index in [9.17, 15) is 0 Å². The van der Waals surface area contributed by atoms with Gasteiger partial charge in [-0.05, 0) is 71.6 Å². The number of nitrogens with one attached hydrogen (secondary N) is 2. The highest BCUT2D eigenvalue weighted by Crippen LogP contribution is 2.30. The van der Waals surface area contributed by atoms with Gasteiger partial charge in [0, 0.05) is 6.04 Å². The molecule has 0 saturated carbocycles. The monoisotopic (exact) mass is 291 g/mol. The molecular formula is C17H29N3O. The summed E-state index contributed by atoms with van der Waals surface area (Å²) < 4.78 is 5.81. The van der Waals surface area contributed by atoms with Gasteiger partial charge in [0.1, 0.15) is 11.9 Å². The molecule has 1 aliphatic heterocycles. The van der Waals surface area contributed by atoms with E-state index in [1.54, 1.807) is 0 Å². The summed E-state index contributed by atoms with van der Waals surface area (Å²) in [5.41, 5.74) is 2.48. The second-order valence-electron chi connectivity index (χ2n) is 6.36. The van der Waals surface area contributed by atoms with Crippen LogP contribution in [0.2, 0.25) is 0 Å². The summed E-state index contributed by atoms with van der Waals surface area (Å²) in [5, 5.41) is 7.04. The largest absolute Gasteiger partial charge is 0.487 e. The number of rotatable bonds is 7. The van der Waals surface area contributed by atoms with Crippen molar-refractivity contribution in [2.24, 2.45) is 0 Å². The Morgan fingerprint density at radius 1 is 1.43 bits per heavy atom. The highest BCUT2D eigenvalue weighted by Gasteiger charge is 2.15. The SMILES string of the molecule is CC(Cc1ccc2c(c1)NCC(C)O2)NCCCN(C)C. The fraction of sp³-hybridized carbons (Fsp3) is 0.647. The Balaban J connectivity index is 1.80. The van der Waals surface area contributed by atoms with Gasteiger partial charge >= 0.3 is 0 Å². The van der Waals surface area contributed by atoms with Gasteiger partial charge in [-0.15, -0.1) is 0 Å². The fourth-order valence-corrected chi connectivity index (χ4v) is 2.63. The zero-order valence-corrected chi connectivity index (χ0v) is 13.8. The molecule has 0 radical (unpaired) electrons. The molecule has 0 saturated heterocycles. The van der Waals surface area contributed by atoms with Crippen LogP contribution in [0, 0.1) is 0 Å². The first-order chi connectivity index (χ1) is 10.0. The van der Waals surface area contributed by atoms with Gasteiger partial charge in [0.25, 0.3) is 0 Å². The fourth-order valence-electron chi connectivity index (χ4n) is 2.63. The molecule has 2 atom stereocenters. The highest BCUT2D eigenvalue weighted by atomic mass is 16.5. The first kappa shape index (κ1) is 16.1. The van der Waals surface area contributed by atoms with Crippen LogP contribution in [0.3, 0.4) is 0 Å². The maximum Gasteiger partial charge on any atom is 0.142 e. The van der Waals surface area contributed by atoms with E-state index in [0.29, 0.717) is 6.04 Å². The number of hydrogen-bond acceptors (Lipinski definition) is 4. The van der Waals surface area contributed by atoms with E-state index >= 15 is 0 Å². The van der Waals surface area contributed by atoms with E-state index in [1.165, 1.54) is 12.0 Å². The van der Waals surface area contributed by atoms with Crippen molar-refractivity contribution >= 4 is 5.69 Å².